The lowest BCUT2D eigenvalue weighted by atomic mass is 9.85. The third-order valence-corrected chi connectivity index (χ3v) is 7.22. The molecule has 1 aromatic heterocycles. The van der Waals surface area contributed by atoms with E-state index >= 15 is 0 Å². The lowest BCUT2D eigenvalue weighted by molar-refractivity contribution is 0.669. The number of hydrogen-bond donors (Lipinski definition) is 0. The van der Waals surface area contributed by atoms with Crippen LogP contribution in [0.25, 0.3) is 87.6 Å². The van der Waals surface area contributed by atoms with Gasteiger partial charge in [0.25, 0.3) is 0 Å². The maximum Gasteiger partial charge on any atom is 0.136 e. The summed E-state index contributed by atoms with van der Waals surface area (Å²) in [7, 11) is 0. The zero-order chi connectivity index (χ0) is 48.3. The summed E-state index contributed by atoms with van der Waals surface area (Å²) >= 11 is 0. The number of fused-ring (bicyclic) bond motifs is 6. The first-order valence-electron chi connectivity index (χ1n) is 24.4. The number of furan rings is 1. The Balaban J connectivity index is 1.50. The predicted octanol–water partition coefficient (Wildman–Crippen LogP) is 12.0. The average molecular weight is 570 g/mol. The van der Waals surface area contributed by atoms with Crippen LogP contribution in [0.3, 0.4) is 0 Å². The van der Waals surface area contributed by atoms with Crippen LogP contribution in [0.15, 0.2) is 162 Å². The highest BCUT2D eigenvalue weighted by Gasteiger charge is 2.18. The minimum Gasteiger partial charge on any atom is -0.456 e. The van der Waals surface area contributed by atoms with E-state index in [9.17, 15) is 11.0 Å². The summed E-state index contributed by atoms with van der Waals surface area (Å²) < 4.78 is 209. The van der Waals surface area contributed by atoms with E-state index in [-0.39, 0.29) is 33.1 Å². The smallest absolute Gasteiger partial charge is 0.136 e. The van der Waals surface area contributed by atoms with Gasteiger partial charge in [0.1, 0.15) is 11.2 Å². The Morgan fingerprint density at radius 1 is 0.372 bits per heavy atom. The Hall–Kier alpha value is -5.66. The molecule has 0 fully saturated rings. The van der Waals surface area contributed by atoms with Crippen molar-refractivity contribution in [2.75, 3.05) is 0 Å². The molecule has 8 aromatic carbocycles. The molecule has 0 amide bonds. The van der Waals surface area contributed by atoms with Crippen LogP contribution < -0.4 is 0 Å². The first kappa shape index (κ1) is 10.6. The van der Waals surface area contributed by atoms with E-state index < -0.39 is 194 Å². The highest BCUT2D eigenvalue weighted by molar-refractivity contribution is 6.22. The molecule has 0 N–H and O–H groups in total. The molecular weight excluding hydrogens is 520 g/mol. The van der Waals surface area contributed by atoms with Crippen LogP contribution >= 0.6 is 0 Å². The molecule has 0 atom stereocenters. The zero-order valence-corrected chi connectivity index (χ0v) is 21.6. The summed E-state index contributed by atoms with van der Waals surface area (Å²) in [6, 6.07) is -13.8. The predicted molar refractivity (Wildman–Crippen MR) is 183 cm³/mol. The summed E-state index contributed by atoms with van der Waals surface area (Å²) in [5.74, 6) is 0. The van der Waals surface area contributed by atoms with Gasteiger partial charge in [0.15, 0.2) is 0 Å². The molecule has 43 heavy (non-hydrogen) atoms. The lowest BCUT2D eigenvalue weighted by Gasteiger charge is -2.18. The van der Waals surface area contributed by atoms with Crippen molar-refractivity contribution in [1.82, 2.24) is 0 Å². The largest absolute Gasteiger partial charge is 0.456 e. The lowest BCUT2D eigenvalue weighted by Crippen LogP contribution is -1.91. The van der Waals surface area contributed by atoms with Gasteiger partial charge in [-0.15, -0.1) is 0 Å². The van der Waals surface area contributed by atoms with Gasteiger partial charge >= 0.3 is 0 Å². The van der Waals surface area contributed by atoms with Crippen LogP contribution in [0.4, 0.5) is 0 Å². The van der Waals surface area contributed by atoms with Gasteiger partial charge in [-0.3, -0.25) is 0 Å². The molecule has 0 unspecified atom stereocenters. The molecule has 0 saturated heterocycles. The molecule has 200 valence electrons. The van der Waals surface area contributed by atoms with Crippen molar-refractivity contribution in [2.45, 2.75) is 0 Å². The Labute approximate surface area is 281 Å². The molecule has 9 rings (SSSR count). The van der Waals surface area contributed by atoms with Gasteiger partial charge in [-0.25, -0.2) is 0 Å². The van der Waals surface area contributed by atoms with Crippen molar-refractivity contribution in [3.05, 3.63) is 157 Å². The molecule has 1 nitrogen and oxygen atoms in total. The SMILES string of the molecule is [2H]c1c([2H])c(-c2c3c([2H])c([2H])c([2H])c([2H])c3c(-c3ccc4c(c3)oc3c([2H])c([2H])c([2H])c([2H])c34)c3c([2H])c([2H])c([2H])c([2H])c23)c([2H])c([2H])c1-c1c([2H])c([2H])c([2H])c2c([2H])c([2H])c([2H])c([2H])c12. The topological polar surface area (TPSA) is 13.1 Å². The number of rotatable bonds is 3. The summed E-state index contributed by atoms with van der Waals surface area (Å²) in [4.78, 5) is 0. The van der Waals surface area contributed by atoms with E-state index in [0.717, 1.165) is 0 Å². The molecule has 1 heteroatoms. The molecule has 0 aliphatic carbocycles. The second-order valence-electron chi connectivity index (χ2n) is 9.52. The molecule has 0 saturated carbocycles. The third-order valence-electron chi connectivity index (χ3n) is 7.22. The highest BCUT2D eigenvalue weighted by atomic mass is 16.3. The molecule has 1 heterocycles. The van der Waals surface area contributed by atoms with Gasteiger partial charge < -0.3 is 4.42 Å². The number of para-hydroxylation sites is 1. The van der Waals surface area contributed by atoms with Gasteiger partial charge in [0.2, 0.25) is 0 Å². The van der Waals surface area contributed by atoms with Crippen molar-refractivity contribution in [2.24, 2.45) is 0 Å². The normalized spacial score (nSPS) is 19.2. The summed E-state index contributed by atoms with van der Waals surface area (Å²) in [6.07, 6.45) is 0. The van der Waals surface area contributed by atoms with Crippen molar-refractivity contribution in [3.63, 3.8) is 0 Å². The summed E-state index contributed by atoms with van der Waals surface area (Å²) in [5.41, 5.74) is -3.07. The zero-order valence-electron chi connectivity index (χ0n) is 44.6. The van der Waals surface area contributed by atoms with Gasteiger partial charge in [-0.2, -0.15) is 0 Å². The minimum atomic E-state index is -0.973. The van der Waals surface area contributed by atoms with E-state index in [0.29, 0.717) is 0 Å². The van der Waals surface area contributed by atoms with Crippen LogP contribution in [-0.4, -0.2) is 0 Å². The summed E-state index contributed by atoms with van der Waals surface area (Å²) in [5, 5.41) is -2.61. The third kappa shape index (κ3) is 3.72. The molecular formula is C42H26O. The van der Waals surface area contributed by atoms with Gasteiger partial charge in [0.05, 0.1) is 31.5 Å². The minimum absolute atomic E-state index is 0.0202. The van der Waals surface area contributed by atoms with Crippen LogP contribution in [-0.2, 0) is 0 Å². The Morgan fingerprint density at radius 3 is 1.60 bits per heavy atom. The fraction of sp³-hybridized carbons (Fsp3) is 0. The Morgan fingerprint density at radius 2 is 0.907 bits per heavy atom. The van der Waals surface area contributed by atoms with Crippen LogP contribution in [0.2, 0.25) is 0 Å². The van der Waals surface area contributed by atoms with Gasteiger partial charge in [-0.05, 0) is 83.9 Å². The van der Waals surface area contributed by atoms with Crippen molar-refractivity contribution >= 4 is 54.3 Å². The Bertz CT molecular complexity index is 3680. The second-order valence-corrected chi connectivity index (χ2v) is 9.52. The first-order valence-corrected chi connectivity index (χ1v) is 12.9. The van der Waals surface area contributed by atoms with Gasteiger partial charge in [-0.1, -0.05) is 139 Å². The van der Waals surface area contributed by atoms with E-state index in [4.69, 9.17) is 25.0 Å². The molecule has 0 bridgehead atoms. The van der Waals surface area contributed by atoms with Crippen LogP contribution in [0.1, 0.15) is 31.5 Å². The molecule has 9 aromatic rings. The Kier molecular flexibility index (Phi) is 2.32. The quantitative estimate of drug-likeness (QED) is 0.193. The van der Waals surface area contributed by atoms with Crippen molar-refractivity contribution < 1.29 is 35.9 Å². The van der Waals surface area contributed by atoms with Crippen LogP contribution in [0, 0.1) is 0 Å². The van der Waals surface area contributed by atoms with Gasteiger partial charge in [0, 0.05) is 10.8 Å². The van der Waals surface area contributed by atoms with E-state index in [1.54, 1.807) is 0 Å². The average Bonchev–Trinajstić information content (AvgIpc) is 3.68. The highest BCUT2D eigenvalue weighted by Crippen LogP contribution is 2.45. The van der Waals surface area contributed by atoms with Crippen molar-refractivity contribution in [3.8, 4) is 33.4 Å². The number of hydrogen-bond acceptors (Lipinski definition) is 1. The fourth-order valence-corrected chi connectivity index (χ4v) is 5.37. The van der Waals surface area contributed by atoms with Crippen LogP contribution in [0.5, 0.6) is 0 Å². The second kappa shape index (κ2) is 9.44. The number of benzene rings is 8. The molecule has 0 spiro atoms. The standard InChI is InChI=1S/C42H26O/c1-2-12-31-27(10-1)11-9-18-32(31)28-20-22-29(23-21-28)41-35-14-3-5-16-37(35)42(38-17-6-4-15-36(38)41)30-24-25-34-33-13-7-8-19-39(33)43-40(34)26-30/h1-26H/i1D,2D,3D,4D,5D,6D,7D,8D,9D,10D,11D,12D,13D,14D,15D,16D,17D,18D,19D,20D,21D,22D,23D. The fourth-order valence-electron chi connectivity index (χ4n) is 5.37. The summed E-state index contributed by atoms with van der Waals surface area (Å²) in [6.45, 7) is 0. The maximum atomic E-state index is 9.48. The monoisotopic (exact) mass is 569 g/mol. The molecule has 0 aliphatic rings. The molecule has 0 aliphatic heterocycles. The molecule has 0 radical (unpaired) electrons. The van der Waals surface area contributed by atoms with Crippen molar-refractivity contribution in [1.29, 1.82) is 0 Å². The van der Waals surface area contributed by atoms with E-state index in [2.05, 4.69) is 0 Å². The van der Waals surface area contributed by atoms with E-state index in [1.807, 2.05) is 0 Å². The first-order chi connectivity index (χ1) is 30.9. The van der Waals surface area contributed by atoms with E-state index in [1.165, 1.54) is 18.2 Å². The maximum absolute atomic E-state index is 9.48.